The number of methoxy groups -OCH3 is 1. The van der Waals surface area contributed by atoms with Crippen LogP contribution in [-0.4, -0.2) is 37.6 Å². The lowest BCUT2D eigenvalue weighted by molar-refractivity contribution is 0.0660. The summed E-state index contributed by atoms with van der Waals surface area (Å²) in [6.45, 7) is 2.58. The Bertz CT molecular complexity index is 636. The molecule has 24 heavy (non-hydrogen) atoms. The highest BCUT2D eigenvalue weighted by Gasteiger charge is 2.24. The predicted octanol–water partition coefficient (Wildman–Crippen LogP) is 4.69. The van der Waals surface area contributed by atoms with Gasteiger partial charge in [0.15, 0.2) is 0 Å². The number of ether oxygens (including phenoxy) is 1. The van der Waals surface area contributed by atoms with Gasteiger partial charge < -0.3 is 9.64 Å². The van der Waals surface area contributed by atoms with E-state index >= 15 is 0 Å². The Morgan fingerprint density at radius 2 is 2.12 bits per heavy atom. The van der Waals surface area contributed by atoms with Crippen LogP contribution in [0.2, 0.25) is 0 Å². The molecule has 3 nitrogen and oxygen atoms in total. The van der Waals surface area contributed by atoms with Crippen molar-refractivity contribution >= 4 is 17.2 Å². The summed E-state index contributed by atoms with van der Waals surface area (Å²) >= 11 is 1.72. The lowest BCUT2D eigenvalue weighted by Gasteiger charge is -2.33. The minimum atomic E-state index is 0.171. The molecule has 1 saturated heterocycles. The fourth-order valence-corrected chi connectivity index (χ4v) is 4.14. The molecule has 0 bridgehead atoms. The van der Waals surface area contributed by atoms with Crippen molar-refractivity contribution in [1.29, 1.82) is 0 Å². The van der Waals surface area contributed by atoms with E-state index < -0.39 is 0 Å². The second-order valence-corrected chi connectivity index (χ2v) is 7.40. The number of thiophene rings is 1. The van der Waals surface area contributed by atoms with Gasteiger partial charge in [0.2, 0.25) is 0 Å². The van der Waals surface area contributed by atoms with E-state index in [1.807, 2.05) is 17.0 Å². The third kappa shape index (κ3) is 4.25. The quantitative estimate of drug-likeness (QED) is 0.712. The summed E-state index contributed by atoms with van der Waals surface area (Å²) in [5, 5.41) is 2.08. The van der Waals surface area contributed by atoms with Gasteiger partial charge in [-0.2, -0.15) is 0 Å². The van der Waals surface area contributed by atoms with Gasteiger partial charge in [-0.15, -0.1) is 11.3 Å². The van der Waals surface area contributed by atoms with Crippen LogP contribution in [0, 0.1) is 5.92 Å². The first-order chi connectivity index (χ1) is 11.8. The molecule has 1 aromatic carbocycles. The van der Waals surface area contributed by atoms with E-state index in [2.05, 4.69) is 29.6 Å². The number of nitrogens with zero attached hydrogens (tertiary/aromatic N) is 1. The van der Waals surface area contributed by atoms with Crippen molar-refractivity contribution in [2.75, 3.05) is 26.8 Å². The van der Waals surface area contributed by atoms with Crippen molar-refractivity contribution in [1.82, 2.24) is 4.90 Å². The summed E-state index contributed by atoms with van der Waals surface area (Å²) in [4.78, 5) is 16.0. The van der Waals surface area contributed by atoms with Gasteiger partial charge in [-0.25, -0.2) is 0 Å². The number of amides is 1. The molecule has 1 atom stereocenters. The largest absolute Gasteiger partial charge is 0.385 e. The van der Waals surface area contributed by atoms with E-state index in [9.17, 15) is 4.79 Å². The summed E-state index contributed by atoms with van der Waals surface area (Å²) in [6.07, 6.45) is 4.56. The molecule has 128 valence electrons. The van der Waals surface area contributed by atoms with E-state index in [1.165, 1.54) is 16.9 Å². The zero-order valence-electron chi connectivity index (χ0n) is 14.2. The summed E-state index contributed by atoms with van der Waals surface area (Å²) in [7, 11) is 1.75. The highest BCUT2D eigenvalue weighted by atomic mass is 32.1. The maximum absolute atomic E-state index is 12.8. The number of rotatable bonds is 6. The van der Waals surface area contributed by atoms with Gasteiger partial charge in [0.25, 0.3) is 5.91 Å². The van der Waals surface area contributed by atoms with Gasteiger partial charge in [0, 0.05) is 37.2 Å². The Morgan fingerprint density at radius 1 is 1.29 bits per heavy atom. The first-order valence-electron chi connectivity index (χ1n) is 8.70. The van der Waals surface area contributed by atoms with Crippen LogP contribution in [0.4, 0.5) is 0 Å². The number of benzene rings is 1. The van der Waals surface area contributed by atoms with Gasteiger partial charge in [-0.05, 0) is 60.7 Å². The third-order valence-corrected chi connectivity index (χ3v) is 5.62. The zero-order chi connectivity index (χ0) is 16.8. The molecule has 1 aliphatic rings. The highest BCUT2D eigenvalue weighted by molar-refractivity contribution is 7.13. The van der Waals surface area contributed by atoms with Crippen molar-refractivity contribution in [2.24, 2.45) is 5.92 Å². The van der Waals surface area contributed by atoms with E-state index in [0.29, 0.717) is 5.92 Å². The maximum atomic E-state index is 12.8. The molecule has 0 N–H and O–H groups in total. The van der Waals surface area contributed by atoms with Gasteiger partial charge in [-0.3, -0.25) is 4.79 Å². The summed E-state index contributed by atoms with van der Waals surface area (Å²) in [6, 6.07) is 12.2. The van der Waals surface area contributed by atoms with E-state index in [4.69, 9.17) is 4.74 Å². The molecule has 1 amide bonds. The average molecular weight is 343 g/mol. The summed E-state index contributed by atoms with van der Waals surface area (Å²) < 4.78 is 5.14. The molecule has 0 saturated carbocycles. The lowest BCUT2D eigenvalue weighted by Crippen LogP contribution is -2.40. The fourth-order valence-electron chi connectivity index (χ4n) is 3.40. The van der Waals surface area contributed by atoms with Crippen molar-refractivity contribution in [3.63, 3.8) is 0 Å². The molecule has 0 radical (unpaired) electrons. The second-order valence-electron chi connectivity index (χ2n) is 6.45. The van der Waals surface area contributed by atoms with Crippen LogP contribution in [0.25, 0.3) is 10.4 Å². The van der Waals surface area contributed by atoms with Crippen LogP contribution in [0.1, 0.15) is 36.0 Å². The summed E-state index contributed by atoms with van der Waals surface area (Å²) in [5.74, 6) is 0.785. The van der Waals surface area contributed by atoms with Gasteiger partial charge in [-0.1, -0.05) is 18.2 Å². The van der Waals surface area contributed by atoms with Crippen LogP contribution < -0.4 is 0 Å². The standard InChI is InChI=1S/C20H25NO2S/c1-23-13-3-6-16-5-2-12-21(15-16)20(22)18-10-8-17(9-11-18)19-7-4-14-24-19/h4,7-11,14,16H,2-3,5-6,12-13,15H2,1H3/t16-/m0/s1. The van der Waals surface area contributed by atoms with Crippen molar-refractivity contribution in [3.8, 4) is 10.4 Å². The molecule has 0 spiro atoms. The SMILES string of the molecule is COCCC[C@@H]1CCCN(C(=O)c2ccc(-c3cccs3)cc2)C1. The van der Waals surface area contributed by atoms with Crippen molar-refractivity contribution in [3.05, 3.63) is 47.3 Å². The van der Waals surface area contributed by atoms with Crippen molar-refractivity contribution in [2.45, 2.75) is 25.7 Å². The zero-order valence-corrected chi connectivity index (χ0v) is 15.1. The molecular weight excluding hydrogens is 318 g/mol. The van der Waals surface area contributed by atoms with Crippen LogP contribution in [0.15, 0.2) is 41.8 Å². The lowest BCUT2D eigenvalue weighted by atomic mass is 9.93. The molecule has 0 aliphatic carbocycles. The molecule has 4 heteroatoms. The second kappa shape index (κ2) is 8.45. The molecule has 1 aliphatic heterocycles. The molecule has 2 heterocycles. The third-order valence-electron chi connectivity index (χ3n) is 4.70. The number of hydrogen-bond donors (Lipinski definition) is 0. The van der Waals surface area contributed by atoms with Gasteiger partial charge in [0.1, 0.15) is 0 Å². The van der Waals surface area contributed by atoms with Crippen LogP contribution in [0.3, 0.4) is 0 Å². The topological polar surface area (TPSA) is 29.5 Å². The molecule has 1 fully saturated rings. The first kappa shape index (κ1) is 17.2. The molecular formula is C20H25NO2S. The van der Waals surface area contributed by atoms with Crippen LogP contribution in [0.5, 0.6) is 0 Å². The number of likely N-dealkylation sites (tertiary alicyclic amines) is 1. The highest BCUT2D eigenvalue weighted by Crippen LogP contribution is 2.26. The van der Waals surface area contributed by atoms with Gasteiger partial charge in [0.05, 0.1) is 0 Å². The molecule has 2 aromatic rings. The first-order valence-corrected chi connectivity index (χ1v) is 9.58. The van der Waals surface area contributed by atoms with Crippen molar-refractivity contribution < 1.29 is 9.53 Å². The number of carbonyl (C=O) groups is 1. The van der Waals surface area contributed by atoms with Crippen LogP contribution in [-0.2, 0) is 4.74 Å². The average Bonchev–Trinajstić information content (AvgIpc) is 3.16. The predicted molar refractivity (Wildman–Crippen MR) is 99.5 cm³/mol. The Hall–Kier alpha value is -1.65. The van der Waals surface area contributed by atoms with Crippen LogP contribution >= 0.6 is 11.3 Å². The monoisotopic (exact) mass is 343 g/mol. The van der Waals surface area contributed by atoms with E-state index in [0.717, 1.165) is 44.5 Å². The van der Waals surface area contributed by atoms with Gasteiger partial charge >= 0.3 is 0 Å². The Labute approximate surface area is 148 Å². The maximum Gasteiger partial charge on any atom is 0.253 e. The minimum absolute atomic E-state index is 0.171. The normalized spacial score (nSPS) is 17.9. The number of piperidine rings is 1. The smallest absolute Gasteiger partial charge is 0.253 e. The Kier molecular flexibility index (Phi) is 6.05. The minimum Gasteiger partial charge on any atom is -0.385 e. The van der Waals surface area contributed by atoms with E-state index in [1.54, 1.807) is 18.4 Å². The fraction of sp³-hybridized carbons (Fsp3) is 0.450. The Morgan fingerprint density at radius 3 is 2.83 bits per heavy atom. The van der Waals surface area contributed by atoms with E-state index in [-0.39, 0.29) is 5.91 Å². The molecule has 3 rings (SSSR count). The molecule has 1 aromatic heterocycles. The summed E-state index contributed by atoms with van der Waals surface area (Å²) in [5.41, 5.74) is 1.98. The molecule has 0 unspecified atom stereocenters. The number of hydrogen-bond acceptors (Lipinski definition) is 3. The Balaban J connectivity index is 1.61. The number of carbonyl (C=O) groups excluding carboxylic acids is 1.